The van der Waals surface area contributed by atoms with E-state index in [2.05, 4.69) is 4.90 Å². The van der Waals surface area contributed by atoms with E-state index in [1.54, 1.807) is 0 Å². The van der Waals surface area contributed by atoms with Crippen molar-refractivity contribution in [1.29, 1.82) is 0 Å². The smallest absolute Gasteiger partial charge is 0.414 e. The summed E-state index contributed by atoms with van der Waals surface area (Å²) in [5.41, 5.74) is -0.976. The molecule has 114 valence electrons. The van der Waals surface area contributed by atoms with Crippen molar-refractivity contribution in [1.82, 2.24) is 9.80 Å². The molecule has 1 spiro atoms. The van der Waals surface area contributed by atoms with Gasteiger partial charge in [-0.05, 0) is 46.5 Å². The summed E-state index contributed by atoms with van der Waals surface area (Å²) in [6.45, 7) is 6.91. The Labute approximate surface area is 119 Å². The number of rotatable bonds is 0. The number of piperazine rings is 1. The number of carboxylic acid groups (broad SMARTS) is 1. The molecule has 2 amide bonds. The average molecular weight is 284 g/mol. The lowest BCUT2D eigenvalue weighted by Gasteiger charge is -2.55. The van der Waals surface area contributed by atoms with Gasteiger partial charge in [-0.25, -0.2) is 9.69 Å². The summed E-state index contributed by atoms with van der Waals surface area (Å²) in [7, 11) is 0. The monoisotopic (exact) mass is 284 g/mol. The minimum Gasteiger partial charge on any atom is -0.465 e. The van der Waals surface area contributed by atoms with Gasteiger partial charge in [0.25, 0.3) is 5.91 Å². The number of amides is 2. The van der Waals surface area contributed by atoms with E-state index >= 15 is 0 Å². The molecule has 0 aromatic carbocycles. The average Bonchev–Trinajstić information content (AvgIpc) is 2.34. The Morgan fingerprint density at radius 2 is 1.80 bits per heavy atom. The molecule has 1 aliphatic heterocycles. The number of imide groups is 1. The van der Waals surface area contributed by atoms with E-state index in [-0.39, 0.29) is 24.1 Å². The fraction of sp³-hybridized carbons (Fsp3) is 0.857. The van der Waals surface area contributed by atoms with E-state index in [4.69, 9.17) is 0 Å². The molecule has 0 unspecified atom stereocenters. The Kier molecular flexibility index (Phi) is 3.81. The van der Waals surface area contributed by atoms with Crippen LogP contribution in [0.15, 0.2) is 0 Å². The van der Waals surface area contributed by atoms with Gasteiger partial charge in [-0.2, -0.15) is 0 Å². The lowest BCUT2D eigenvalue weighted by Crippen LogP contribution is -2.71. The van der Waals surface area contributed by atoms with Crippen LogP contribution in [0.3, 0.4) is 0 Å². The topological polar surface area (TPSA) is 81.1 Å². The van der Waals surface area contributed by atoms with Crippen molar-refractivity contribution >= 4 is 12.0 Å². The highest BCUT2D eigenvalue weighted by molar-refractivity contribution is 5.97. The summed E-state index contributed by atoms with van der Waals surface area (Å²) in [6, 6.07) is 0. The fourth-order valence-electron chi connectivity index (χ4n) is 3.61. The molecule has 1 heterocycles. The third kappa shape index (κ3) is 2.42. The normalized spacial score (nSPS) is 32.7. The van der Waals surface area contributed by atoms with Gasteiger partial charge in [0.1, 0.15) is 5.54 Å². The number of carbonyl (C=O) groups excluding carboxylic acids is 1. The first kappa shape index (κ1) is 15.3. The van der Waals surface area contributed by atoms with Gasteiger partial charge in [0.05, 0.1) is 6.10 Å². The second kappa shape index (κ2) is 5.00. The standard InChI is InChI=1S/C14H24N2O4/c1-13(2,3)16-9-8-15(12(19)20)11(18)14(16)6-4-10(17)5-7-14/h10,17H,4-9H2,1-3H3,(H,19,20). The molecule has 0 bridgehead atoms. The van der Waals surface area contributed by atoms with Crippen LogP contribution in [0.2, 0.25) is 0 Å². The molecule has 0 aromatic heterocycles. The van der Waals surface area contributed by atoms with Gasteiger partial charge in [0.2, 0.25) is 0 Å². The molecule has 20 heavy (non-hydrogen) atoms. The second-order valence-electron chi connectivity index (χ2n) is 6.82. The molecule has 0 radical (unpaired) electrons. The summed E-state index contributed by atoms with van der Waals surface area (Å²) >= 11 is 0. The number of carbonyl (C=O) groups is 2. The van der Waals surface area contributed by atoms with E-state index < -0.39 is 11.6 Å². The highest BCUT2D eigenvalue weighted by Crippen LogP contribution is 2.41. The molecule has 1 saturated heterocycles. The van der Waals surface area contributed by atoms with E-state index in [9.17, 15) is 19.8 Å². The molecule has 2 rings (SSSR count). The summed E-state index contributed by atoms with van der Waals surface area (Å²) in [5.74, 6) is -0.321. The van der Waals surface area contributed by atoms with Gasteiger partial charge in [0, 0.05) is 18.6 Å². The van der Waals surface area contributed by atoms with Crippen molar-refractivity contribution in [3.8, 4) is 0 Å². The summed E-state index contributed by atoms with van der Waals surface area (Å²) in [5, 5.41) is 18.9. The molecule has 2 N–H and O–H groups in total. The molecule has 6 nitrogen and oxygen atoms in total. The molecule has 1 aliphatic carbocycles. The van der Waals surface area contributed by atoms with E-state index in [0.717, 1.165) is 4.90 Å². The van der Waals surface area contributed by atoms with Crippen LogP contribution in [0.4, 0.5) is 4.79 Å². The summed E-state index contributed by atoms with van der Waals surface area (Å²) < 4.78 is 0. The zero-order chi connectivity index (χ0) is 15.1. The van der Waals surface area contributed by atoms with Gasteiger partial charge in [-0.15, -0.1) is 0 Å². The molecular formula is C14H24N2O4. The quantitative estimate of drug-likeness (QED) is 0.700. The highest BCUT2D eigenvalue weighted by Gasteiger charge is 2.54. The lowest BCUT2D eigenvalue weighted by atomic mass is 9.74. The number of nitrogens with zero attached hydrogens (tertiary/aromatic N) is 2. The van der Waals surface area contributed by atoms with Gasteiger partial charge >= 0.3 is 6.09 Å². The molecule has 2 aliphatic rings. The minimum absolute atomic E-state index is 0.206. The molecule has 2 fully saturated rings. The first-order valence-corrected chi connectivity index (χ1v) is 7.19. The van der Waals surface area contributed by atoms with Gasteiger partial charge in [-0.1, -0.05) is 0 Å². The number of aliphatic hydroxyl groups excluding tert-OH is 1. The van der Waals surface area contributed by atoms with Crippen LogP contribution < -0.4 is 0 Å². The van der Waals surface area contributed by atoms with Crippen LogP contribution in [0.5, 0.6) is 0 Å². The van der Waals surface area contributed by atoms with E-state index in [0.29, 0.717) is 32.2 Å². The predicted octanol–water partition coefficient (Wildman–Crippen LogP) is 1.28. The minimum atomic E-state index is -1.17. The maximum Gasteiger partial charge on any atom is 0.414 e. The summed E-state index contributed by atoms with van der Waals surface area (Å²) in [6.07, 6.45) is 0.587. The molecular weight excluding hydrogens is 260 g/mol. The van der Waals surface area contributed by atoms with Crippen molar-refractivity contribution < 1.29 is 19.8 Å². The number of hydrogen-bond donors (Lipinski definition) is 2. The highest BCUT2D eigenvalue weighted by atomic mass is 16.4. The Bertz CT molecular complexity index is 408. The van der Waals surface area contributed by atoms with Crippen LogP contribution in [-0.4, -0.2) is 62.3 Å². The zero-order valence-corrected chi connectivity index (χ0v) is 12.4. The van der Waals surface area contributed by atoms with Crippen LogP contribution in [0.1, 0.15) is 46.5 Å². The van der Waals surface area contributed by atoms with Crippen LogP contribution in [0.25, 0.3) is 0 Å². The Balaban J connectivity index is 2.37. The largest absolute Gasteiger partial charge is 0.465 e. The third-order valence-electron chi connectivity index (χ3n) is 4.53. The SMILES string of the molecule is CC(C)(C)N1CCN(C(=O)O)C(=O)C12CCC(O)CC2. The zero-order valence-electron chi connectivity index (χ0n) is 12.4. The van der Waals surface area contributed by atoms with Crippen molar-refractivity contribution in [3.05, 3.63) is 0 Å². The maximum absolute atomic E-state index is 12.7. The van der Waals surface area contributed by atoms with E-state index in [1.165, 1.54) is 0 Å². The summed E-state index contributed by atoms with van der Waals surface area (Å²) in [4.78, 5) is 27.1. The molecule has 0 aromatic rings. The fourth-order valence-corrected chi connectivity index (χ4v) is 3.61. The van der Waals surface area contributed by atoms with Gasteiger partial charge in [-0.3, -0.25) is 9.69 Å². The maximum atomic E-state index is 12.7. The van der Waals surface area contributed by atoms with Crippen molar-refractivity contribution in [2.24, 2.45) is 0 Å². The van der Waals surface area contributed by atoms with Crippen LogP contribution in [-0.2, 0) is 4.79 Å². The number of hydrogen-bond acceptors (Lipinski definition) is 4. The van der Waals surface area contributed by atoms with Crippen molar-refractivity contribution in [2.45, 2.75) is 63.6 Å². The van der Waals surface area contributed by atoms with Crippen molar-refractivity contribution in [2.75, 3.05) is 13.1 Å². The Morgan fingerprint density at radius 1 is 1.25 bits per heavy atom. The van der Waals surface area contributed by atoms with E-state index in [1.807, 2.05) is 20.8 Å². The third-order valence-corrected chi connectivity index (χ3v) is 4.53. The van der Waals surface area contributed by atoms with Gasteiger partial charge in [0.15, 0.2) is 0 Å². The van der Waals surface area contributed by atoms with Crippen LogP contribution >= 0.6 is 0 Å². The Hall–Kier alpha value is -1.14. The lowest BCUT2D eigenvalue weighted by molar-refractivity contribution is -0.160. The number of aliphatic hydroxyl groups is 1. The first-order chi connectivity index (χ1) is 9.18. The second-order valence-corrected chi connectivity index (χ2v) is 6.82. The first-order valence-electron chi connectivity index (χ1n) is 7.19. The Morgan fingerprint density at radius 3 is 2.25 bits per heavy atom. The molecule has 6 heteroatoms. The van der Waals surface area contributed by atoms with Crippen molar-refractivity contribution in [3.63, 3.8) is 0 Å². The molecule has 1 saturated carbocycles. The molecule has 0 atom stereocenters. The van der Waals surface area contributed by atoms with Gasteiger partial charge < -0.3 is 10.2 Å². The van der Waals surface area contributed by atoms with Crippen LogP contribution in [0, 0.1) is 0 Å². The predicted molar refractivity (Wildman–Crippen MR) is 73.4 cm³/mol.